The average molecular weight is 367 g/mol. The van der Waals surface area contributed by atoms with Crippen LogP contribution in [-0.4, -0.2) is 17.9 Å². The number of hydrogen-bond donors (Lipinski definition) is 2. The monoisotopic (exact) mass is 366 g/mol. The molecular weight excluding hydrogens is 348 g/mol. The van der Waals surface area contributed by atoms with Crippen molar-refractivity contribution in [2.24, 2.45) is 5.73 Å². The van der Waals surface area contributed by atoms with Crippen LogP contribution >= 0.6 is 11.6 Å². The van der Waals surface area contributed by atoms with E-state index in [1.807, 2.05) is 49.4 Å². The Morgan fingerprint density at radius 3 is 2.46 bits per heavy atom. The molecule has 1 atom stereocenters. The third-order valence-corrected chi connectivity index (χ3v) is 4.74. The largest absolute Gasteiger partial charge is 0.368 e. The zero-order chi connectivity index (χ0) is 18.7. The fraction of sp³-hybridized carbons (Fsp3) is 0.143. The second-order valence-corrected chi connectivity index (χ2v) is 6.69. The zero-order valence-corrected chi connectivity index (χ0v) is 15.1. The van der Waals surface area contributed by atoms with Gasteiger partial charge >= 0.3 is 0 Å². The van der Waals surface area contributed by atoms with E-state index in [0.717, 1.165) is 21.9 Å². The molecule has 2 amide bonds. The van der Waals surface area contributed by atoms with E-state index in [9.17, 15) is 9.59 Å². The molecule has 0 aromatic heterocycles. The first-order valence-electron chi connectivity index (χ1n) is 8.28. The van der Waals surface area contributed by atoms with Crippen molar-refractivity contribution in [3.63, 3.8) is 0 Å². The van der Waals surface area contributed by atoms with Crippen LogP contribution in [0.2, 0.25) is 5.02 Å². The number of aryl methyl sites for hydroxylation is 1. The quantitative estimate of drug-likeness (QED) is 0.723. The molecule has 0 aliphatic rings. The maximum Gasteiger partial charge on any atom is 0.251 e. The van der Waals surface area contributed by atoms with Gasteiger partial charge in [0.2, 0.25) is 5.91 Å². The molecule has 5 heteroatoms. The van der Waals surface area contributed by atoms with Crippen molar-refractivity contribution in [3.8, 4) is 0 Å². The zero-order valence-electron chi connectivity index (χ0n) is 14.3. The maximum absolute atomic E-state index is 12.4. The van der Waals surface area contributed by atoms with Crippen molar-refractivity contribution in [1.82, 2.24) is 5.32 Å². The number of rotatable bonds is 5. The Labute approximate surface area is 157 Å². The summed E-state index contributed by atoms with van der Waals surface area (Å²) >= 11 is 6.07. The lowest BCUT2D eigenvalue weighted by atomic mass is 10.0. The Hall–Kier alpha value is -2.85. The van der Waals surface area contributed by atoms with Crippen molar-refractivity contribution in [2.75, 3.05) is 0 Å². The predicted octanol–water partition coefficient (Wildman–Crippen LogP) is 3.63. The number of fused-ring (bicyclic) bond motifs is 1. The van der Waals surface area contributed by atoms with Gasteiger partial charge in [-0.3, -0.25) is 9.59 Å². The Kier molecular flexibility index (Phi) is 5.24. The highest BCUT2D eigenvalue weighted by Crippen LogP contribution is 2.18. The molecule has 0 aliphatic carbocycles. The minimum Gasteiger partial charge on any atom is -0.368 e. The first kappa shape index (κ1) is 18.0. The van der Waals surface area contributed by atoms with Crippen molar-refractivity contribution < 1.29 is 9.59 Å². The smallest absolute Gasteiger partial charge is 0.251 e. The number of carbonyl (C=O) groups is 2. The summed E-state index contributed by atoms with van der Waals surface area (Å²) in [7, 11) is 0. The standard InChI is InChI=1S/C21H19ClN2O2/c1-13-6-8-17(12-18(13)22)21(26)24-19(20(23)25)11-14-7-9-15-4-2-3-5-16(15)10-14/h2-10,12,19H,11H2,1H3,(H2,23,25)(H,24,26)/t19-/m0/s1. The normalized spacial score (nSPS) is 11.9. The number of primary amides is 1. The lowest BCUT2D eigenvalue weighted by molar-refractivity contribution is -0.119. The number of halogens is 1. The molecular formula is C21H19ClN2O2. The van der Waals surface area contributed by atoms with Gasteiger partial charge in [-0.05, 0) is 41.0 Å². The van der Waals surface area contributed by atoms with Gasteiger partial charge in [0, 0.05) is 17.0 Å². The van der Waals surface area contributed by atoms with Crippen molar-refractivity contribution in [3.05, 3.63) is 82.4 Å². The van der Waals surface area contributed by atoms with Gasteiger partial charge in [-0.15, -0.1) is 0 Å². The van der Waals surface area contributed by atoms with Crippen LogP contribution in [0.3, 0.4) is 0 Å². The SMILES string of the molecule is Cc1ccc(C(=O)N[C@@H](Cc2ccc3ccccc3c2)C(N)=O)cc1Cl. The van der Waals surface area contributed by atoms with E-state index in [0.29, 0.717) is 17.0 Å². The predicted molar refractivity (Wildman–Crippen MR) is 104 cm³/mol. The fourth-order valence-corrected chi connectivity index (χ4v) is 2.98. The van der Waals surface area contributed by atoms with Crippen LogP contribution in [0.1, 0.15) is 21.5 Å². The minimum atomic E-state index is -0.802. The van der Waals surface area contributed by atoms with Crippen LogP contribution in [0, 0.1) is 6.92 Å². The molecule has 0 bridgehead atoms. The summed E-state index contributed by atoms with van der Waals surface area (Å²) in [6.45, 7) is 1.86. The number of carbonyl (C=O) groups excluding carboxylic acids is 2. The van der Waals surface area contributed by atoms with Crippen LogP contribution in [0.4, 0.5) is 0 Å². The van der Waals surface area contributed by atoms with Crippen molar-refractivity contribution in [2.45, 2.75) is 19.4 Å². The average Bonchev–Trinajstić information content (AvgIpc) is 2.63. The van der Waals surface area contributed by atoms with E-state index in [1.54, 1.807) is 18.2 Å². The minimum absolute atomic E-state index is 0.325. The van der Waals surface area contributed by atoms with E-state index >= 15 is 0 Å². The van der Waals surface area contributed by atoms with Gasteiger partial charge in [-0.1, -0.05) is 60.1 Å². The molecule has 0 saturated carbocycles. The van der Waals surface area contributed by atoms with E-state index in [-0.39, 0.29) is 5.91 Å². The van der Waals surface area contributed by atoms with Gasteiger partial charge in [0.15, 0.2) is 0 Å². The third-order valence-electron chi connectivity index (χ3n) is 4.34. The van der Waals surface area contributed by atoms with E-state index < -0.39 is 11.9 Å². The van der Waals surface area contributed by atoms with Crippen molar-refractivity contribution >= 4 is 34.2 Å². The van der Waals surface area contributed by atoms with E-state index in [1.165, 1.54) is 0 Å². The highest BCUT2D eigenvalue weighted by molar-refractivity contribution is 6.31. The van der Waals surface area contributed by atoms with Crippen LogP contribution in [0.15, 0.2) is 60.7 Å². The number of benzene rings is 3. The molecule has 0 fully saturated rings. The topological polar surface area (TPSA) is 72.2 Å². The lowest BCUT2D eigenvalue weighted by Crippen LogP contribution is -2.45. The molecule has 3 rings (SSSR count). The van der Waals surface area contributed by atoms with Crippen LogP contribution < -0.4 is 11.1 Å². The molecule has 0 spiro atoms. The van der Waals surface area contributed by atoms with Gasteiger partial charge in [0.05, 0.1) is 0 Å². The number of amides is 2. The summed E-state index contributed by atoms with van der Waals surface area (Å²) in [5, 5.41) is 5.40. The second kappa shape index (κ2) is 7.58. The summed E-state index contributed by atoms with van der Waals surface area (Å²) in [6, 6.07) is 18.1. The van der Waals surface area contributed by atoms with Gasteiger partial charge in [0.1, 0.15) is 6.04 Å². The lowest BCUT2D eigenvalue weighted by Gasteiger charge is -2.16. The Morgan fingerprint density at radius 2 is 1.77 bits per heavy atom. The third kappa shape index (κ3) is 4.03. The molecule has 0 unspecified atom stereocenters. The van der Waals surface area contributed by atoms with Crippen LogP contribution in [0.5, 0.6) is 0 Å². The summed E-state index contributed by atoms with van der Waals surface area (Å²) in [4.78, 5) is 24.3. The first-order valence-corrected chi connectivity index (χ1v) is 8.66. The van der Waals surface area contributed by atoms with Gasteiger partial charge < -0.3 is 11.1 Å². The Bertz CT molecular complexity index is 985. The summed E-state index contributed by atoms with van der Waals surface area (Å²) in [6.07, 6.45) is 0.325. The molecule has 3 aromatic rings. The molecule has 26 heavy (non-hydrogen) atoms. The summed E-state index contributed by atoms with van der Waals surface area (Å²) in [5.74, 6) is -0.957. The molecule has 132 valence electrons. The summed E-state index contributed by atoms with van der Waals surface area (Å²) in [5.41, 5.74) is 7.70. The van der Waals surface area contributed by atoms with Crippen LogP contribution in [-0.2, 0) is 11.2 Å². The molecule has 0 radical (unpaired) electrons. The molecule has 0 heterocycles. The van der Waals surface area contributed by atoms with Crippen LogP contribution in [0.25, 0.3) is 10.8 Å². The molecule has 3 aromatic carbocycles. The highest BCUT2D eigenvalue weighted by atomic mass is 35.5. The van der Waals surface area contributed by atoms with E-state index in [4.69, 9.17) is 17.3 Å². The molecule has 0 aliphatic heterocycles. The maximum atomic E-state index is 12.4. The van der Waals surface area contributed by atoms with Crippen molar-refractivity contribution in [1.29, 1.82) is 0 Å². The molecule has 3 N–H and O–H groups in total. The molecule has 0 saturated heterocycles. The number of nitrogens with one attached hydrogen (secondary N) is 1. The Balaban J connectivity index is 1.78. The van der Waals surface area contributed by atoms with Gasteiger partial charge in [-0.25, -0.2) is 0 Å². The van der Waals surface area contributed by atoms with Gasteiger partial charge in [-0.2, -0.15) is 0 Å². The first-order chi connectivity index (χ1) is 12.4. The van der Waals surface area contributed by atoms with E-state index in [2.05, 4.69) is 5.32 Å². The second-order valence-electron chi connectivity index (χ2n) is 6.28. The number of hydrogen-bond acceptors (Lipinski definition) is 2. The Morgan fingerprint density at radius 1 is 1.04 bits per heavy atom. The molecule has 4 nitrogen and oxygen atoms in total. The highest BCUT2D eigenvalue weighted by Gasteiger charge is 2.20. The fourth-order valence-electron chi connectivity index (χ4n) is 2.80. The number of nitrogens with two attached hydrogens (primary N) is 1. The van der Waals surface area contributed by atoms with Gasteiger partial charge in [0.25, 0.3) is 5.91 Å². The summed E-state index contributed by atoms with van der Waals surface area (Å²) < 4.78 is 0.